The van der Waals surface area contributed by atoms with E-state index < -0.39 is 35.8 Å². The number of amides is 4. The highest BCUT2D eigenvalue weighted by atomic mass is 16.2. The lowest BCUT2D eigenvalue weighted by atomic mass is 10.0. The maximum Gasteiger partial charge on any atom is 0.243 e. The van der Waals surface area contributed by atoms with E-state index in [0.29, 0.717) is 24.8 Å². The summed E-state index contributed by atoms with van der Waals surface area (Å²) in [4.78, 5) is 61.8. The van der Waals surface area contributed by atoms with Crippen LogP contribution in [0.25, 0.3) is 0 Å². The fraction of sp³-hybridized carbons (Fsp3) is 0.634. The number of unbranched alkanes of at least 4 members (excludes halogenated alkanes) is 9. The quantitative estimate of drug-likeness (QED) is 0.0228. The number of allylic oxidation sites excluding steroid dienone is 2. The molecule has 0 heterocycles. The zero-order valence-corrected chi connectivity index (χ0v) is 34.6. The molecule has 1 aromatic carbocycles. The van der Waals surface area contributed by atoms with E-state index in [-0.39, 0.29) is 68.5 Å². The first-order valence-electron chi connectivity index (χ1n) is 20.6. The van der Waals surface area contributed by atoms with Crippen LogP contribution in [0.3, 0.4) is 0 Å². The molecule has 0 aromatic heterocycles. The Labute approximate surface area is 340 Å². The molecule has 0 spiro atoms. The summed E-state index contributed by atoms with van der Waals surface area (Å²) in [7, 11) is 0. The molecular formula is C41H72N12O4. The van der Waals surface area contributed by atoms with Crippen LogP contribution >= 0.6 is 0 Å². The van der Waals surface area contributed by atoms with Crippen LogP contribution < -0.4 is 49.9 Å². The zero-order valence-electron chi connectivity index (χ0n) is 34.6. The van der Waals surface area contributed by atoms with Gasteiger partial charge in [0, 0.05) is 31.6 Å². The number of hydrogen-bond acceptors (Lipinski definition) is 7. The fourth-order valence-corrected chi connectivity index (χ4v) is 5.98. The van der Waals surface area contributed by atoms with E-state index in [1.165, 1.54) is 25.7 Å². The van der Waals surface area contributed by atoms with Gasteiger partial charge in [-0.1, -0.05) is 95.7 Å². The molecule has 0 radical (unpaired) electrons. The van der Waals surface area contributed by atoms with Gasteiger partial charge in [0.2, 0.25) is 23.6 Å². The van der Waals surface area contributed by atoms with Gasteiger partial charge >= 0.3 is 0 Å². The maximum atomic E-state index is 13.7. The SMILES string of the molecule is CCCCCC/C=C\CCCCCCCC(=O)N[C@@H](CCCN=C(N)N)C(=O)NC(C(=O)N[C@@H](CCCN=C(N)N)C(=O)NCc1ccc(C(=N)N)cc1)C(C)C. The van der Waals surface area contributed by atoms with Crippen LogP contribution in [0.5, 0.6) is 0 Å². The van der Waals surface area contributed by atoms with Crippen molar-refractivity contribution < 1.29 is 19.2 Å². The van der Waals surface area contributed by atoms with Gasteiger partial charge in [0.1, 0.15) is 24.0 Å². The van der Waals surface area contributed by atoms with E-state index in [2.05, 4.69) is 50.3 Å². The highest BCUT2D eigenvalue weighted by molar-refractivity contribution is 5.95. The third kappa shape index (κ3) is 24.2. The van der Waals surface area contributed by atoms with Crippen molar-refractivity contribution >= 4 is 41.4 Å². The standard InChI is InChI=1S/C41H72N12O4/c1-4-5-6-7-8-9-10-11-12-13-14-15-16-21-34(54)51-33(20-18-27-49-41(46)47)38(56)53-35(29(2)3)39(57)52-32(19-17-26-48-40(44)45)37(55)50-28-30-22-24-31(25-23-30)36(42)43/h9-10,22-25,29,32-33,35H,4-8,11-21,26-28H2,1-3H3,(H3,42,43)(H,50,55)(H,51,54)(H,52,57)(H,53,56)(H4,44,45,48)(H4,46,47,49)/b10-9-/t32-,33-,35?/m0/s1. The molecule has 0 aliphatic heterocycles. The summed E-state index contributed by atoms with van der Waals surface area (Å²) in [6.45, 7) is 6.46. The minimum absolute atomic E-state index is 0.0658. The van der Waals surface area contributed by atoms with Gasteiger partial charge in [-0.25, -0.2) is 0 Å². The van der Waals surface area contributed by atoms with Crippen molar-refractivity contribution in [3.63, 3.8) is 0 Å². The number of aliphatic imine (C=N–C) groups is 2. The Kier molecular flexibility index (Phi) is 26.3. The Morgan fingerprint density at radius 2 is 1.19 bits per heavy atom. The van der Waals surface area contributed by atoms with Crippen molar-refractivity contribution in [2.24, 2.45) is 44.6 Å². The minimum atomic E-state index is -1.02. The first-order chi connectivity index (χ1) is 27.2. The van der Waals surface area contributed by atoms with Crippen LogP contribution in [0.15, 0.2) is 46.4 Å². The number of hydrogen-bond donors (Lipinski definition) is 10. The lowest BCUT2D eigenvalue weighted by Crippen LogP contribution is -2.58. The molecule has 1 rings (SSSR count). The third-order valence-electron chi connectivity index (χ3n) is 9.32. The summed E-state index contributed by atoms with van der Waals surface area (Å²) in [5.41, 5.74) is 28.7. The Bertz CT molecular complexity index is 1440. The van der Waals surface area contributed by atoms with Crippen molar-refractivity contribution in [2.45, 2.75) is 148 Å². The average Bonchev–Trinajstić information content (AvgIpc) is 3.16. The summed E-state index contributed by atoms with van der Waals surface area (Å²) >= 11 is 0. The zero-order chi connectivity index (χ0) is 42.4. The summed E-state index contributed by atoms with van der Waals surface area (Å²) in [5.74, 6) is -2.35. The molecule has 0 bridgehead atoms. The molecule has 1 aromatic rings. The van der Waals surface area contributed by atoms with Gasteiger partial charge in [-0.2, -0.15) is 0 Å². The Balaban J connectivity index is 2.87. The molecule has 4 amide bonds. The molecule has 1 unspecified atom stereocenters. The van der Waals surface area contributed by atoms with Crippen molar-refractivity contribution in [3.05, 3.63) is 47.5 Å². The molecule has 3 atom stereocenters. The van der Waals surface area contributed by atoms with Crippen LogP contribution in [0, 0.1) is 11.3 Å². The second kappa shape index (κ2) is 30.0. The maximum absolute atomic E-state index is 13.7. The molecule has 0 fully saturated rings. The average molecular weight is 797 g/mol. The van der Waals surface area contributed by atoms with Crippen LogP contribution in [0.4, 0.5) is 0 Å². The molecule has 0 aliphatic rings. The van der Waals surface area contributed by atoms with Crippen LogP contribution in [0.1, 0.15) is 135 Å². The van der Waals surface area contributed by atoms with Gasteiger partial charge in [-0.3, -0.25) is 34.6 Å². The molecule has 320 valence electrons. The van der Waals surface area contributed by atoms with E-state index in [4.69, 9.17) is 34.1 Å². The molecular weight excluding hydrogens is 725 g/mol. The van der Waals surface area contributed by atoms with Crippen molar-refractivity contribution in [1.29, 1.82) is 5.41 Å². The number of rotatable bonds is 31. The second-order valence-corrected chi connectivity index (χ2v) is 14.8. The van der Waals surface area contributed by atoms with Crippen LogP contribution in [-0.4, -0.2) is 72.6 Å². The lowest BCUT2D eigenvalue weighted by molar-refractivity contribution is -0.134. The highest BCUT2D eigenvalue weighted by Gasteiger charge is 2.31. The van der Waals surface area contributed by atoms with Gasteiger partial charge in [0.15, 0.2) is 11.9 Å². The number of carbonyl (C=O) groups is 4. The normalized spacial score (nSPS) is 12.6. The number of guanidine groups is 2. The molecule has 0 saturated heterocycles. The molecule has 16 heteroatoms. The number of benzene rings is 1. The van der Waals surface area contributed by atoms with Crippen molar-refractivity contribution in [2.75, 3.05) is 13.1 Å². The number of nitrogens with two attached hydrogens (primary N) is 5. The predicted octanol–water partition coefficient (Wildman–Crippen LogP) is 3.06. The summed E-state index contributed by atoms with van der Waals surface area (Å²) in [6.07, 6.45) is 18.3. The first-order valence-corrected chi connectivity index (χ1v) is 20.6. The largest absolute Gasteiger partial charge is 0.384 e. The number of nitrogen functional groups attached to an aromatic ring is 1. The van der Waals surface area contributed by atoms with E-state index in [1.807, 2.05) is 0 Å². The van der Waals surface area contributed by atoms with Gasteiger partial charge in [0.25, 0.3) is 0 Å². The Morgan fingerprint density at radius 3 is 1.72 bits per heavy atom. The van der Waals surface area contributed by atoms with Crippen molar-refractivity contribution in [3.8, 4) is 0 Å². The summed E-state index contributed by atoms with van der Waals surface area (Å²) < 4.78 is 0. The van der Waals surface area contributed by atoms with Gasteiger partial charge in [-0.05, 0) is 69.3 Å². The molecule has 0 saturated carbocycles. The van der Waals surface area contributed by atoms with E-state index in [0.717, 1.165) is 44.1 Å². The second-order valence-electron chi connectivity index (χ2n) is 14.8. The molecule has 57 heavy (non-hydrogen) atoms. The fourth-order valence-electron chi connectivity index (χ4n) is 5.98. The first kappa shape index (κ1) is 49.9. The monoisotopic (exact) mass is 797 g/mol. The van der Waals surface area contributed by atoms with Crippen LogP contribution in [0.2, 0.25) is 0 Å². The summed E-state index contributed by atoms with van der Waals surface area (Å²) in [6, 6.07) is 3.95. The number of carbonyl (C=O) groups excluding carboxylic acids is 4. The number of nitrogens with zero attached hydrogens (tertiary/aromatic N) is 2. The third-order valence-corrected chi connectivity index (χ3v) is 9.32. The lowest BCUT2D eigenvalue weighted by Gasteiger charge is -2.27. The smallest absolute Gasteiger partial charge is 0.243 e. The van der Waals surface area contributed by atoms with E-state index in [9.17, 15) is 19.2 Å². The van der Waals surface area contributed by atoms with E-state index >= 15 is 0 Å². The Morgan fingerprint density at radius 1 is 0.667 bits per heavy atom. The topological polar surface area (TPSA) is 295 Å². The van der Waals surface area contributed by atoms with Crippen molar-refractivity contribution in [1.82, 2.24) is 21.3 Å². The summed E-state index contributed by atoms with van der Waals surface area (Å²) in [5, 5.41) is 18.9. The number of nitrogens with one attached hydrogen (secondary N) is 5. The molecule has 16 nitrogen and oxygen atoms in total. The van der Waals surface area contributed by atoms with Crippen LogP contribution in [-0.2, 0) is 25.7 Å². The Hall–Kier alpha value is -5.15. The van der Waals surface area contributed by atoms with E-state index in [1.54, 1.807) is 38.1 Å². The van der Waals surface area contributed by atoms with Gasteiger partial charge in [0.05, 0.1) is 0 Å². The van der Waals surface area contributed by atoms with Gasteiger partial charge in [-0.15, -0.1) is 0 Å². The van der Waals surface area contributed by atoms with Gasteiger partial charge < -0.3 is 49.9 Å². The minimum Gasteiger partial charge on any atom is -0.384 e. The number of amidine groups is 1. The highest BCUT2D eigenvalue weighted by Crippen LogP contribution is 2.11. The molecule has 0 aliphatic carbocycles. The molecule has 15 N–H and O–H groups in total. The predicted molar refractivity (Wildman–Crippen MR) is 230 cm³/mol.